The number of fused-ring (bicyclic) bond motifs is 1. The standard InChI is InChI=1S/C26H26ClN2O5PS/c1-26(2,3)25(31)33-17-34-35(4,32)15-24(30)29(11-10-18-6-5-7-19(12-18)14-28)22-16-36-23-9-8-20(27)13-21(22)23/h5-13,16H,15,17H2,1-4H3/b11-10+. The van der Waals surface area contributed by atoms with Gasteiger partial charge in [0.15, 0.2) is 6.79 Å². The van der Waals surface area contributed by atoms with Crippen LogP contribution in [-0.2, 0) is 23.4 Å². The number of hydrogen-bond donors (Lipinski definition) is 0. The van der Waals surface area contributed by atoms with E-state index in [1.165, 1.54) is 22.9 Å². The van der Waals surface area contributed by atoms with Crippen molar-refractivity contribution < 1.29 is 23.4 Å². The van der Waals surface area contributed by atoms with Gasteiger partial charge in [-0.05, 0) is 62.7 Å². The van der Waals surface area contributed by atoms with E-state index in [-0.39, 0.29) is 0 Å². The molecule has 3 rings (SSSR count). The van der Waals surface area contributed by atoms with Crippen LogP contribution in [0.3, 0.4) is 0 Å². The van der Waals surface area contributed by atoms with Crippen LogP contribution in [0.15, 0.2) is 54.0 Å². The Hall–Kier alpha value is -2.95. The fraction of sp³-hybridized carbons (Fsp3) is 0.269. The summed E-state index contributed by atoms with van der Waals surface area (Å²) in [6, 6.07) is 14.4. The highest BCUT2D eigenvalue weighted by molar-refractivity contribution is 7.59. The van der Waals surface area contributed by atoms with Crippen LogP contribution in [0.5, 0.6) is 0 Å². The van der Waals surface area contributed by atoms with E-state index in [0.717, 1.165) is 15.6 Å². The van der Waals surface area contributed by atoms with Crippen LogP contribution < -0.4 is 4.90 Å². The summed E-state index contributed by atoms with van der Waals surface area (Å²) in [4.78, 5) is 26.8. The fourth-order valence-corrected chi connectivity index (χ4v) is 5.22. The summed E-state index contributed by atoms with van der Waals surface area (Å²) in [6.07, 6.45) is 2.85. The third-order valence-corrected chi connectivity index (χ3v) is 7.71. The van der Waals surface area contributed by atoms with Crippen molar-refractivity contribution in [3.63, 3.8) is 0 Å². The number of anilines is 1. The molecule has 188 valence electrons. The SMILES string of the molecule is CC(C)(C)C(=O)OCOP(C)(=O)CC(=O)N(/C=C/c1cccc(C#N)c1)c1csc2ccc(Cl)cc12. The molecule has 0 saturated carbocycles. The molecule has 0 saturated heterocycles. The van der Waals surface area contributed by atoms with Gasteiger partial charge in [-0.25, -0.2) is 0 Å². The Kier molecular flexibility index (Phi) is 8.76. The third kappa shape index (κ3) is 7.28. The maximum atomic E-state index is 13.4. The minimum Gasteiger partial charge on any atom is -0.438 e. The molecule has 0 radical (unpaired) electrons. The molecule has 3 aromatic rings. The number of halogens is 1. The Balaban J connectivity index is 1.87. The van der Waals surface area contributed by atoms with Gasteiger partial charge in [0, 0.05) is 33.4 Å². The molecule has 0 aliphatic heterocycles. The number of esters is 1. The first-order chi connectivity index (χ1) is 16.9. The quantitative estimate of drug-likeness (QED) is 0.174. The highest BCUT2D eigenvalue weighted by Crippen LogP contribution is 2.44. The van der Waals surface area contributed by atoms with Crippen molar-refractivity contribution in [2.24, 2.45) is 5.41 Å². The summed E-state index contributed by atoms with van der Waals surface area (Å²) >= 11 is 7.65. The fourth-order valence-electron chi connectivity index (χ4n) is 3.12. The van der Waals surface area contributed by atoms with Crippen molar-refractivity contribution in [1.29, 1.82) is 5.26 Å². The molecule has 0 bridgehead atoms. The minimum absolute atomic E-state index is 0.416. The van der Waals surface area contributed by atoms with Crippen LogP contribution >= 0.6 is 30.3 Å². The lowest BCUT2D eigenvalue weighted by Crippen LogP contribution is -2.28. The van der Waals surface area contributed by atoms with Crippen molar-refractivity contribution in [3.05, 3.63) is 70.2 Å². The second kappa shape index (κ2) is 11.4. The monoisotopic (exact) mass is 544 g/mol. The molecule has 1 unspecified atom stereocenters. The Morgan fingerprint density at radius 1 is 1.22 bits per heavy atom. The van der Waals surface area contributed by atoms with Gasteiger partial charge in [-0.3, -0.25) is 23.6 Å². The van der Waals surface area contributed by atoms with Crippen LogP contribution in [0.1, 0.15) is 31.9 Å². The van der Waals surface area contributed by atoms with E-state index in [4.69, 9.17) is 20.9 Å². The summed E-state index contributed by atoms with van der Waals surface area (Å²) in [7, 11) is -3.46. The molecule has 36 heavy (non-hydrogen) atoms. The van der Waals surface area contributed by atoms with Gasteiger partial charge in [0.25, 0.3) is 0 Å². The van der Waals surface area contributed by atoms with E-state index in [0.29, 0.717) is 16.3 Å². The predicted molar refractivity (Wildman–Crippen MR) is 144 cm³/mol. The highest BCUT2D eigenvalue weighted by Gasteiger charge is 2.28. The van der Waals surface area contributed by atoms with Gasteiger partial charge in [-0.2, -0.15) is 5.26 Å². The Morgan fingerprint density at radius 3 is 2.67 bits per heavy atom. The Bertz CT molecular complexity index is 1400. The lowest BCUT2D eigenvalue weighted by molar-refractivity contribution is -0.159. The second-order valence-corrected chi connectivity index (χ2v) is 13.1. The highest BCUT2D eigenvalue weighted by atomic mass is 35.5. The van der Waals surface area contributed by atoms with E-state index in [1.54, 1.807) is 69.4 Å². The van der Waals surface area contributed by atoms with Crippen molar-refractivity contribution in [3.8, 4) is 6.07 Å². The molecule has 1 amide bonds. The summed E-state index contributed by atoms with van der Waals surface area (Å²) in [5.74, 6) is -0.977. The number of carbonyl (C=O) groups excluding carboxylic acids is 2. The maximum absolute atomic E-state index is 13.4. The van der Waals surface area contributed by atoms with E-state index in [2.05, 4.69) is 6.07 Å². The number of hydrogen-bond acceptors (Lipinski definition) is 7. The van der Waals surface area contributed by atoms with Gasteiger partial charge in [-0.15, -0.1) is 11.3 Å². The van der Waals surface area contributed by atoms with Crippen LogP contribution in [-0.4, -0.2) is 31.5 Å². The van der Waals surface area contributed by atoms with Crippen LogP contribution in [0, 0.1) is 16.7 Å². The molecule has 0 aliphatic carbocycles. The average Bonchev–Trinajstić information content (AvgIpc) is 3.21. The van der Waals surface area contributed by atoms with Crippen molar-refractivity contribution in [2.75, 3.05) is 24.5 Å². The number of ether oxygens (including phenoxy) is 1. The molecule has 1 heterocycles. The van der Waals surface area contributed by atoms with E-state index < -0.39 is 37.6 Å². The predicted octanol–water partition coefficient (Wildman–Crippen LogP) is 6.90. The largest absolute Gasteiger partial charge is 0.438 e. The molecular formula is C26H26ClN2O5PS. The normalized spacial score (nSPS) is 13.3. The zero-order valence-electron chi connectivity index (χ0n) is 20.4. The number of nitriles is 1. The number of benzene rings is 2. The first-order valence-electron chi connectivity index (χ1n) is 10.9. The average molecular weight is 545 g/mol. The molecule has 7 nitrogen and oxygen atoms in total. The van der Waals surface area contributed by atoms with E-state index in [1.807, 2.05) is 11.4 Å². The third-order valence-electron chi connectivity index (χ3n) is 5.03. The first kappa shape index (κ1) is 27.6. The van der Waals surface area contributed by atoms with Gasteiger partial charge in [-0.1, -0.05) is 23.7 Å². The smallest absolute Gasteiger partial charge is 0.313 e. The van der Waals surface area contributed by atoms with Crippen molar-refractivity contribution in [1.82, 2.24) is 0 Å². The van der Waals surface area contributed by atoms with Crippen molar-refractivity contribution in [2.45, 2.75) is 20.8 Å². The molecule has 0 N–H and O–H groups in total. The molecule has 10 heteroatoms. The van der Waals surface area contributed by atoms with Crippen LogP contribution in [0.4, 0.5) is 5.69 Å². The summed E-state index contributed by atoms with van der Waals surface area (Å²) < 4.78 is 24.4. The van der Waals surface area contributed by atoms with Crippen molar-refractivity contribution >= 4 is 64.0 Å². The van der Waals surface area contributed by atoms with Gasteiger partial charge in [0.1, 0.15) is 6.16 Å². The number of rotatable bonds is 8. The Morgan fingerprint density at radius 2 is 1.97 bits per heavy atom. The molecule has 1 atom stereocenters. The summed E-state index contributed by atoms with van der Waals surface area (Å²) in [6.45, 7) is 5.90. The summed E-state index contributed by atoms with van der Waals surface area (Å²) in [5.41, 5.74) is 1.05. The van der Waals surface area contributed by atoms with Gasteiger partial charge < -0.3 is 4.74 Å². The van der Waals surface area contributed by atoms with E-state index in [9.17, 15) is 19.4 Å². The second-order valence-electron chi connectivity index (χ2n) is 9.18. The summed E-state index contributed by atoms with van der Waals surface area (Å²) in [5, 5.41) is 12.3. The number of amides is 1. The molecular weight excluding hydrogens is 519 g/mol. The lowest BCUT2D eigenvalue weighted by Gasteiger charge is -2.22. The zero-order chi connectivity index (χ0) is 26.5. The Labute approximate surface area is 219 Å². The zero-order valence-corrected chi connectivity index (χ0v) is 22.8. The minimum atomic E-state index is -3.46. The maximum Gasteiger partial charge on any atom is 0.313 e. The molecule has 2 aromatic carbocycles. The first-order valence-corrected chi connectivity index (χ1v) is 14.5. The number of thiophene rings is 1. The van der Waals surface area contributed by atoms with Gasteiger partial charge >= 0.3 is 5.97 Å². The van der Waals surface area contributed by atoms with Gasteiger partial charge in [0.05, 0.1) is 22.7 Å². The molecule has 0 spiro atoms. The van der Waals surface area contributed by atoms with Crippen LogP contribution in [0.25, 0.3) is 16.2 Å². The number of carbonyl (C=O) groups is 2. The molecule has 1 aromatic heterocycles. The lowest BCUT2D eigenvalue weighted by atomic mass is 9.98. The van der Waals surface area contributed by atoms with Gasteiger partial charge in [0.2, 0.25) is 13.3 Å². The molecule has 0 fully saturated rings. The van der Waals surface area contributed by atoms with E-state index >= 15 is 0 Å². The molecule has 0 aliphatic rings. The number of nitrogens with zero attached hydrogens (tertiary/aromatic N) is 2. The topological polar surface area (TPSA) is 96.7 Å². The van der Waals surface area contributed by atoms with Crippen LogP contribution in [0.2, 0.25) is 5.02 Å².